The van der Waals surface area contributed by atoms with Crippen molar-refractivity contribution in [2.75, 3.05) is 5.32 Å². The summed E-state index contributed by atoms with van der Waals surface area (Å²) in [5.41, 5.74) is -0.126. The Kier molecular flexibility index (Phi) is 4.59. The Bertz CT molecular complexity index is 721. The number of aromatic carboxylic acids is 1. The first-order valence-corrected chi connectivity index (χ1v) is 6.91. The van der Waals surface area contributed by atoms with Gasteiger partial charge in [-0.3, -0.25) is 4.79 Å². The second kappa shape index (κ2) is 6.43. The van der Waals surface area contributed by atoms with Crippen LogP contribution in [-0.2, 0) is 0 Å². The Balaban J connectivity index is 2.18. The van der Waals surface area contributed by atoms with Gasteiger partial charge in [-0.25, -0.2) is 14.8 Å². The number of para-hydroxylation sites is 2. The molecule has 0 aliphatic heterocycles. The Morgan fingerprint density at radius 3 is 2.26 bits per heavy atom. The molecule has 0 fully saturated rings. The average Bonchev–Trinajstić information content (AvgIpc) is 2.48. The number of nitrogens with zero attached hydrogens (tertiary/aromatic N) is 2. The maximum Gasteiger partial charge on any atom is 0.356 e. The number of anilines is 1. The Morgan fingerprint density at radius 1 is 1.09 bits per heavy atom. The Labute approximate surface area is 133 Å². The fourth-order valence-corrected chi connectivity index (χ4v) is 1.73. The first-order chi connectivity index (χ1) is 10.8. The van der Waals surface area contributed by atoms with Gasteiger partial charge in [-0.1, -0.05) is 12.1 Å². The molecule has 0 unspecified atom stereocenters. The summed E-state index contributed by atoms with van der Waals surface area (Å²) in [7, 11) is 0. The second-order valence-electron chi connectivity index (χ2n) is 5.76. The van der Waals surface area contributed by atoms with Crippen LogP contribution in [0.15, 0.2) is 36.7 Å². The number of carboxylic acids is 1. The molecular formula is C16H17N3O4. The van der Waals surface area contributed by atoms with Gasteiger partial charge in [-0.15, -0.1) is 0 Å². The van der Waals surface area contributed by atoms with E-state index in [1.54, 1.807) is 24.3 Å². The van der Waals surface area contributed by atoms with E-state index >= 15 is 0 Å². The number of nitrogens with one attached hydrogen (secondary N) is 1. The van der Waals surface area contributed by atoms with Crippen LogP contribution >= 0.6 is 0 Å². The lowest BCUT2D eigenvalue weighted by Gasteiger charge is -2.23. The highest BCUT2D eigenvalue weighted by Gasteiger charge is 2.17. The van der Waals surface area contributed by atoms with E-state index < -0.39 is 17.5 Å². The van der Waals surface area contributed by atoms with Crippen LogP contribution in [0.1, 0.15) is 41.7 Å². The van der Waals surface area contributed by atoms with Crippen LogP contribution in [0.3, 0.4) is 0 Å². The van der Waals surface area contributed by atoms with Crippen molar-refractivity contribution in [2.45, 2.75) is 26.4 Å². The molecule has 0 saturated heterocycles. The van der Waals surface area contributed by atoms with Crippen molar-refractivity contribution >= 4 is 17.6 Å². The number of aromatic nitrogens is 2. The molecule has 1 amide bonds. The molecule has 0 bridgehead atoms. The number of benzene rings is 1. The highest BCUT2D eigenvalue weighted by atomic mass is 16.5. The third kappa shape index (κ3) is 4.50. The minimum absolute atomic E-state index is 0.0144. The molecule has 0 radical (unpaired) electrons. The molecule has 120 valence electrons. The molecule has 0 aliphatic carbocycles. The quantitative estimate of drug-likeness (QED) is 0.899. The topological polar surface area (TPSA) is 101 Å². The van der Waals surface area contributed by atoms with Crippen molar-refractivity contribution in [2.24, 2.45) is 0 Å². The van der Waals surface area contributed by atoms with Gasteiger partial charge in [0.05, 0.1) is 18.1 Å². The predicted molar refractivity (Wildman–Crippen MR) is 83.8 cm³/mol. The summed E-state index contributed by atoms with van der Waals surface area (Å²) in [6.45, 7) is 5.71. The lowest BCUT2D eigenvalue weighted by molar-refractivity contribution is 0.0689. The van der Waals surface area contributed by atoms with Gasteiger partial charge in [0.1, 0.15) is 17.0 Å². The van der Waals surface area contributed by atoms with Gasteiger partial charge >= 0.3 is 5.97 Å². The Morgan fingerprint density at radius 2 is 1.70 bits per heavy atom. The van der Waals surface area contributed by atoms with Crippen LogP contribution in [-0.4, -0.2) is 32.6 Å². The number of hydrogen-bond acceptors (Lipinski definition) is 5. The minimum atomic E-state index is -1.20. The number of carbonyl (C=O) groups is 2. The number of ether oxygens (including phenoxy) is 1. The van der Waals surface area contributed by atoms with Crippen molar-refractivity contribution in [3.05, 3.63) is 48.0 Å². The number of hydrogen-bond donors (Lipinski definition) is 2. The van der Waals surface area contributed by atoms with E-state index in [2.05, 4.69) is 15.3 Å². The summed E-state index contributed by atoms with van der Waals surface area (Å²) in [6.07, 6.45) is 2.15. The molecule has 2 N–H and O–H groups in total. The SMILES string of the molecule is CC(C)(C)Oc1ccccc1NC(=O)c1cnc(C(=O)O)cn1. The maximum absolute atomic E-state index is 12.2. The normalized spacial score (nSPS) is 10.9. The minimum Gasteiger partial charge on any atom is -0.486 e. The van der Waals surface area contributed by atoms with E-state index in [0.717, 1.165) is 12.4 Å². The number of amides is 1. The van der Waals surface area contributed by atoms with E-state index in [9.17, 15) is 9.59 Å². The van der Waals surface area contributed by atoms with Gasteiger partial charge in [-0.2, -0.15) is 0 Å². The molecule has 1 heterocycles. The van der Waals surface area contributed by atoms with Crippen molar-refractivity contribution < 1.29 is 19.4 Å². The summed E-state index contributed by atoms with van der Waals surface area (Å²) in [6, 6.07) is 7.03. The molecule has 0 aliphatic rings. The van der Waals surface area contributed by atoms with E-state index in [0.29, 0.717) is 11.4 Å². The van der Waals surface area contributed by atoms with Gasteiger partial charge < -0.3 is 15.2 Å². The molecule has 23 heavy (non-hydrogen) atoms. The summed E-state index contributed by atoms with van der Waals surface area (Å²) >= 11 is 0. The first-order valence-electron chi connectivity index (χ1n) is 6.91. The van der Waals surface area contributed by atoms with Crippen LogP contribution in [0.25, 0.3) is 0 Å². The van der Waals surface area contributed by atoms with Gasteiger partial charge in [0, 0.05) is 0 Å². The van der Waals surface area contributed by atoms with Crippen LogP contribution in [0.5, 0.6) is 5.75 Å². The zero-order chi connectivity index (χ0) is 17.0. The zero-order valence-electron chi connectivity index (χ0n) is 13.0. The number of rotatable bonds is 4. The lowest BCUT2D eigenvalue weighted by Crippen LogP contribution is -2.24. The van der Waals surface area contributed by atoms with Gasteiger partial charge in [-0.05, 0) is 32.9 Å². The highest BCUT2D eigenvalue weighted by molar-refractivity contribution is 6.03. The summed E-state index contributed by atoms with van der Waals surface area (Å²) in [4.78, 5) is 30.4. The molecule has 0 spiro atoms. The molecule has 2 rings (SSSR count). The van der Waals surface area contributed by atoms with Gasteiger partial charge in [0.25, 0.3) is 5.91 Å². The van der Waals surface area contributed by atoms with E-state index in [1.165, 1.54) is 0 Å². The highest BCUT2D eigenvalue weighted by Crippen LogP contribution is 2.27. The molecular weight excluding hydrogens is 298 g/mol. The Hall–Kier alpha value is -2.96. The summed E-state index contributed by atoms with van der Waals surface area (Å²) < 4.78 is 5.79. The molecule has 1 aromatic heterocycles. The first kappa shape index (κ1) is 16.4. The molecule has 0 atom stereocenters. The monoisotopic (exact) mass is 315 g/mol. The summed E-state index contributed by atoms with van der Waals surface area (Å²) in [5.74, 6) is -1.17. The van der Waals surface area contributed by atoms with E-state index in [4.69, 9.17) is 9.84 Å². The zero-order valence-corrected chi connectivity index (χ0v) is 13.0. The third-order valence-electron chi connectivity index (χ3n) is 2.66. The molecule has 7 heteroatoms. The predicted octanol–water partition coefficient (Wildman–Crippen LogP) is 2.60. The van der Waals surface area contributed by atoms with Crippen molar-refractivity contribution in [3.8, 4) is 5.75 Å². The molecule has 1 aromatic carbocycles. The maximum atomic E-state index is 12.2. The standard InChI is InChI=1S/C16H17N3O4/c1-16(2,3)23-13-7-5-4-6-10(13)19-14(20)11-8-18-12(9-17-11)15(21)22/h4-9H,1-3H3,(H,19,20)(H,21,22). The van der Waals surface area contributed by atoms with Crippen LogP contribution in [0, 0.1) is 0 Å². The van der Waals surface area contributed by atoms with Crippen LogP contribution in [0.4, 0.5) is 5.69 Å². The smallest absolute Gasteiger partial charge is 0.356 e. The fraction of sp³-hybridized carbons (Fsp3) is 0.250. The molecule has 0 saturated carbocycles. The van der Waals surface area contributed by atoms with Gasteiger partial charge in [0.2, 0.25) is 0 Å². The molecule has 2 aromatic rings. The fourth-order valence-electron chi connectivity index (χ4n) is 1.73. The van der Waals surface area contributed by atoms with E-state index in [-0.39, 0.29) is 11.4 Å². The lowest BCUT2D eigenvalue weighted by atomic mass is 10.2. The van der Waals surface area contributed by atoms with Crippen LogP contribution < -0.4 is 10.1 Å². The largest absolute Gasteiger partial charge is 0.486 e. The third-order valence-corrected chi connectivity index (χ3v) is 2.66. The number of carbonyl (C=O) groups excluding carboxylic acids is 1. The van der Waals surface area contributed by atoms with E-state index in [1.807, 2.05) is 20.8 Å². The second-order valence-corrected chi connectivity index (χ2v) is 5.76. The van der Waals surface area contributed by atoms with Crippen LogP contribution in [0.2, 0.25) is 0 Å². The summed E-state index contributed by atoms with van der Waals surface area (Å²) in [5, 5.41) is 11.5. The van der Waals surface area contributed by atoms with Crippen molar-refractivity contribution in [1.29, 1.82) is 0 Å². The average molecular weight is 315 g/mol. The number of carboxylic acid groups (broad SMARTS) is 1. The van der Waals surface area contributed by atoms with Gasteiger partial charge in [0.15, 0.2) is 5.69 Å². The van der Waals surface area contributed by atoms with Crippen molar-refractivity contribution in [3.63, 3.8) is 0 Å². The molecule has 7 nitrogen and oxygen atoms in total. The van der Waals surface area contributed by atoms with Crippen molar-refractivity contribution in [1.82, 2.24) is 9.97 Å².